The SMILES string of the molecule is CC(C)CCCC(C)CCOc1ccc(O)cc1. The van der Waals surface area contributed by atoms with Gasteiger partial charge in [0.15, 0.2) is 0 Å². The molecule has 2 heteroatoms. The molecule has 1 unspecified atom stereocenters. The minimum absolute atomic E-state index is 0.282. The summed E-state index contributed by atoms with van der Waals surface area (Å²) in [4.78, 5) is 0. The Bertz CT molecular complexity index is 316. The summed E-state index contributed by atoms with van der Waals surface area (Å²) in [6.07, 6.45) is 5.03. The molecule has 0 aromatic heterocycles. The fraction of sp³-hybridized carbons (Fsp3) is 0.625. The molecule has 0 aliphatic heterocycles. The Morgan fingerprint density at radius 3 is 2.28 bits per heavy atom. The van der Waals surface area contributed by atoms with Crippen molar-refractivity contribution in [3.05, 3.63) is 24.3 Å². The Morgan fingerprint density at radius 1 is 1.00 bits per heavy atom. The van der Waals surface area contributed by atoms with Crippen molar-refractivity contribution in [2.45, 2.75) is 46.5 Å². The van der Waals surface area contributed by atoms with Crippen LogP contribution in [0.3, 0.4) is 0 Å². The van der Waals surface area contributed by atoms with E-state index in [2.05, 4.69) is 20.8 Å². The zero-order valence-electron chi connectivity index (χ0n) is 11.9. The monoisotopic (exact) mass is 250 g/mol. The van der Waals surface area contributed by atoms with Crippen molar-refractivity contribution in [2.24, 2.45) is 11.8 Å². The van der Waals surface area contributed by atoms with Crippen LogP contribution in [-0.4, -0.2) is 11.7 Å². The smallest absolute Gasteiger partial charge is 0.119 e. The lowest BCUT2D eigenvalue weighted by atomic mass is 9.98. The standard InChI is InChI=1S/C16H26O2/c1-13(2)5-4-6-14(3)11-12-18-16-9-7-15(17)8-10-16/h7-10,13-14,17H,4-6,11-12H2,1-3H3. The van der Waals surface area contributed by atoms with Crippen molar-refractivity contribution in [3.8, 4) is 11.5 Å². The predicted octanol–water partition coefficient (Wildman–Crippen LogP) is 4.62. The van der Waals surface area contributed by atoms with Gasteiger partial charge in [0.25, 0.3) is 0 Å². The first kappa shape index (κ1) is 14.9. The topological polar surface area (TPSA) is 29.5 Å². The van der Waals surface area contributed by atoms with Crippen LogP contribution in [-0.2, 0) is 0 Å². The van der Waals surface area contributed by atoms with Crippen LogP contribution in [0.5, 0.6) is 11.5 Å². The molecule has 0 saturated heterocycles. The molecular weight excluding hydrogens is 224 g/mol. The molecular formula is C16H26O2. The van der Waals surface area contributed by atoms with Crippen molar-refractivity contribution in [1.29, 1.82) is 0 Å². The first-order valence-corrected chi connectivity index (χ1v) is 6.99. The molecule has 0 aliphatic carbocycles. The molecule has 1 aromatic rings. The van der Waals surface area contributed by atoms with Crippen LogP contribution in [0.1, 0.15) is 46.5 Å². The van der Waals surface area contributed by atoms with Gasteiger partial charge in [0.1, 0.15) is 11.5 Å². The average Bonchev–Trinajstić information content (AvgIpc) is 2.31. The number of phenolic OH excluding ortho intramolecular Hbond substituents is 1. The summed E-state index contributed by atoms with van der Waals surface area (Å²) in [5.74, 6) is 2.65. The molecule has 18 heavy (non-hydrogen) atoms. The van der Waals surface area contributed by atoms with E-state index in [9.17, 15) is 0 Å². The van der Waals surface area contributed by atoms with Gasteiger partial charge >= 0.3 is 0 Å². The highest BCUT2D eigenvalue weighted by Crippen LogP contribution is 2.18. The van der Waals surface area contributed by atoms with Crippen molar-refractivity contribution < 1.29 is 9.84 Å². The highest BCUT2D eigenvalue weighted by atomic mass is 16.5. The zero-order chi connectivity index (χ0) is 13.4. The van der Waals surface area contributed by atoms with Gasteiger partial charge in [-0.3, -0.25) is 0 Å². The molecule has 0 heterocycles. The van der Waals surface area contributed by atoms with Gasteiger partial charge in [0.05, 0.1) is 6.61 Å². The van der Waals surface area contributed by atoms with Crippen LogP contribution in [0.4, 0.5) is 0 Å². The summed E-state index contributed by atoms with van der Waals surface area (Å²) < 4.78 is 5.65. The third kappa shape index (κ3) is 6.53. The van der Waals surface area contributed by atoms with Gasteiger partial charge in [-0.05, 0) is 42.5 Å². The predicted molar refractivity (Wildman–Crippen MR) is 76.1 cm³/mol. The Labute approximate surface area is 111 Å². The van der Waals surface area contributed by atoms with Crippen LogP contribution in [0, 0.1) is 11.8 Å². The molecule has 0 saturated carbocycles. The Kier molecular flexibility index (Phi) is 6.63. The van der Waals surface area contributed by atoms with E-state index in [0.717, 1.165) is 30.6 Å². The van der Waals surface area contributed by atoms with E-state index in [1.165, 1.54) is 19.3 Å². The number of phenols is 1. The van der Waals surface area contributed by atoms with E-state index in [-0.39, 0.29) is 5.75 Å². The van der Waals surface area contributed by atoms with Crippen LogP contribution in [0.2, 0.25) is 0 Å². The van der Waals surface area contributed by atoms with Gasteiger partial charge in [-0.15, -0.1) is 0 Å². The van der Waals surface area contributed by atoms with Crippen LogP contribution >= 0.6 is 0 Å². The normalized spacial score (nSPS) is 12.7. The summed E-state index contributed by atoms with van der Waals surface area (Å²) in [7, 11) is 0. The van der Waals surface area contributed by atoms with Crippen LogP contribution in [0.25, 0.3) is 0 Å². The lowest BCUT2D eigenvalue weighted by molar-refractivity contribution is 0.275. The van der Waals surface area contributed by atoms with E-state index < -0.39 is 0 Å². The number of ether oxygens (including phenoxy) is 1. The second-order valence-corrected chi connectivity index (χ2v) is 5.56. The average molecular weight is 250 g/mol. The van der Waals surface area contributed by atoms with Crippen LogP contribution in [0.15, 0.2) is 24.3 Å². The molecule has 1 atom stereocenters. The summed E-state index contributed by atoms with van der Waals surface area (Å²) in [6, 6.07) is 6.92. The van der Waals surface area contributed by atoms with Gasteiger partial charge in [0, 0.05) is 0 Å². The van der Waals surface area contributed by atoms with Gasteiger partial charge in [0.2, 0.25) is 0 Å². The molecule has 1 aromatic carbocycles. The third-order valence-corrected chi connectivity index (χ3v) is 3.19. The molecule has 0 spiro atoms. The van der Waals surface area contributed by atoms with Gasteiger partial charge in [-0.2, -0.15) is 0 Å². The van der Waals surface area contributed by atoms with Gasteiger partial charge in [-0.25, -0.2) is 0 Å². The van der Waals surface area contributed by atoms with Crippen LogP contribution < -0.4 is 4.74 Å². The minimum atomic E-state index is 0.282. The Hall–Kier alpha value is -1.18. The Balaban J connectivity index is 2.11. The summed E-state index contributed by atoms with van der Waals surface area (Å²) >= 11 is 0. The number of hydrogen-bond acceptors (Lipinski definition) is 2. The van der Waals surface area contributed by atoms with Crippen molar-refractivity contribution in [3.63, 3.8) is 0 Å². The maximum absolute atomic E-state index is 9.16. The minimum Gasteiger partial charge on any atom is -0.508 e. The highest BCUT2D eigenvalue weighted by molar-refractivity contribution is 5.29. The third-order valence-electron chi connectivity index (χ3n) is 3.19. The Morgan fingerprint density at radius 2 is 1.67 bits per heavy atom. The van der Waals surface area contributed by atoms with E-state index in [0.29, 0.717) is 0 Å². The van der Waals surface area contributed by atoms with Crippen molar-refractivity contribution >= 4 is 0 Å². The second-order valence-electron chi connectivity index (χ2n) is 5.56. The summed E-state index contributed by atoms with van der Waals surface area (Å²) in [5.41, 5.74) is 0. The maximum Gasteiger partial charge on any atom is 0.119 e. The molecule has 0 amide bonds. The molecule has 1 N–H and O–H groups in total. The highest BCUT2D eigenvalue weighted by Gasteiger charge is 2.04. The van der Waals surface area contributed by atoms with E-state index in [4.69, 9.17) is 9.84 Å². The number of hydrogen-bond donors (Lipinski definition) is 1. The zero-order valence-corrected chi connectivity index (χ0v) is 11.9. The van der Waals surface area contributed by atoms with E-state index >= 15 is 0 Å². The largest absolute Gasteiger partial charge is 0.508 e. The summed E-state index contributed by atoms with van der Waals surface area (Å²) in [5, 5.41) is 9.16. The molecule has 0 fully saturated rings. The van der Waals surface area contributed by atoms with Crippen molar-refractivity contribution in [2.75, 3.05) is 6.61 Å². The summed E-state index contributed by atoms with van der Waals surface area (Å²) in [6.45, 7) is 7.60. The lowest BCUT2D eigenvalue weighted by Crippen LogP contribution is -2.04. The molecule has 1 rings (SSSR count). The molecule has 0 aliphatic rings. The second kappa shape index (κ2) is 8.02. The molecule has 102 valence electrons. The van der Waals surface area contributed by atoms with Gasteiger partial charge in [-0.1, -0.05) is 40.0 Å². The lowest BCUT2D eigenvalue weighted by Gasteiger charge is -2.13. The number of aromatic hydroxyl groups is 1. The quantitative estimate of drug-likeness (QED) is 0.729. The molecule has 0 radical (unpaired) electrons. The fourth-order valence-corrected chi connectivity index (χ4v) is 1.94. The van der Waals surface area contributed by atoms with E-state index in [1.807, 2.05) is 0 Å². The first-order chi connectivity index (χ1) is 8.58. The molecule has 0 bridgehead atoms. The van der Waals surface area contributed by atoms with Crippen molar-refractivity contribution in [1.82, 2.24) is 0 Å². The number of benzene rings is 1. The fourth-order valence-electron chi connectivity index (χ4n) is 1.94. The van der Waals surface area contributed by atoms with Gasteiger partial charge < -0.3 is 9.84 Å². The van der Waals surface area contributed by atoms with E-state index in [1.54, 1.807) is 24.3 Å². The molecule has 2 nitrogen and oxygen atoms in total. The first-order valence-electron chi connectivity index (χ1n) is 6.99. The maximum atomic E-state index is 9.16. The number of rotatable bonds is 8.